The zero-order valence-electron chi connectivity index (χ0n) is 16.8. The van der Waals surface area contributed by atoms with Crippen molar-refractivity contribution >= 4 is 16.9 Å². The number of nitrogens with one attached hydrogen (secondary N) is 2. The highest BCUT2D eigenvalue weighted by molar-refractivity contribution is 5.93. The summed E-state index contributed by atoms with van der Waals surface area (Å²) in [5.41, 5.74) is 3.11. The first-order chi connectivity index (χ1) is 14.2. The Morgan fingerprint density at radius 1 is 1.07 bits per heavy atom. The molecule has 152 valence electrons. The lowest BCUT2D eigenvalue weighted by Crippen LogP contribution is -2.28. The molecule has 1 aliphatic carbocycles. The molecule has 2 aromatic carbocycles. The Labute approximate surface area is 171 Å². The van der Waals surface area contributed by atoms with Gasteiger partial charge in [0, 0.05) is 29.7 Å². The fraction of sp³-hybridized carbons (Fsp3) is 0.391. The van der Waals surface area contributed by atoms with E-state index in [2.05, 4.69) is 33.8 Å². The van der Waals surface area contributed by atoms with Crippen LogP contribution in [0, 0.1) is 0 Å². The Morgan fingerprint density at radius 2 is 1.86 bits per heavy atom. The normalized spacial score (nSPS) is 19.2. The minimum absolute atomic E-state index is 0.164. The number of hydrogen-bond acceptors (Lipinski definition) is 6. The molecule has 1 aromatic heterocycles. The zero-order chi connectivity index (χ0) is 20.1. The van der Waals surface area contributed by atoms with Crippen LogP contribution in [0.1, 0.15) is 25.7 Å². The molecule has 6 nitrogen and oxygen atoms in total. The van der Waals surface area contributed by atoms with Crippen LogP contribution in [0.15, 0.2) is 48.7 Å². The van der Waals surface area contributed by atoms with E-state index in [9.17, 15) is 5.11 Å². The van der Waals surface area contributed by atoms with Crippen molar-refractivity contribution in [3.8, 4) is 16.9 Å². The molecule has 6 heteroatoms. The molecule has 0 unspecified atom stereocenters. The van der Waals surface area contributed by atoms with Crippen LogP contribution in [-0.2, 0) is 0 Å². The van der Waals surface area contributed by atoms with Crippen molar-refractivity contribution in [1.29, 1.82) is 0 Å². The van der Waals surface area contributed by atoms with Gasteiger partial charge in [-0.25, -0.2) is 9.97 Å². The summed E-state index contributed by atoms with van der Waals surface area (Å²) < 4.78 is 5.72. The molecule has 0 radical (unpaired) electrons. The Morgan fingerprint density at radius 3 is 2.62 bits per heavy atom. The van der Waals surface area contributed by atoms with Gasteiger partial charge in [-0.15, -0.1) is 0 Å². The van der Waals surface area contributed by atoms with Gasteiger partial charge in [0.2, 0.25) is 5.95 Å². The Kier molecular flexibility index (Phi) is 6.22. The van der Waals surface area contributed by atoms with E-state index in [1.54, 1.807) is 0 Å². The number of ether oxygens (including phenoxy) is 1. The first-order valence-corrected chi connectivity index (χ1v) is 10.3. The van der Waals surface area contributed by atoms with E-state index in [1.165, 1.54) is 0 Å². The molecule has 1 heterocycles. The highest BCUT2D eigenvalue weighted by atomic mass is 16.5. The minimum Gasteiger partial charge on any atom is -0.492 e. The number of nitrogens with zero attached hydrogens (tertiary/aromatic N) is 2. The number of aliphatic hydroxyl groups is 1. The maximum Gasteiger partial charge on any atom is 0.223 e. The smallest absolute Gasteiger partial charge is 0.223 e. The third-order valence-electron chi connectivity index (χ3n) is 5.43. The standard InChI is InChI=1S/C23H28N4O2/c1-24-13-14-29-20-11-5-16(6-12-20)21-4-2-3-17-15-25-23(27-22(17)21)26-18-7-9-19(28)10-8-18/h2-6,11-12,15,18-19,24,28H,7-10,13-14H2,1H3,(H,25,26,27). The van der Waals surface area contributed by atoms with Gasteiger partial charge < -0.3 is 20.5 Å². The minimum atomic E-state index is -0.164. The second-order valence-electron chi connectivity index (χ2n) is 7.56. The van der Waals surface area contributed by atoms with Gasteiger partial charge in [0.15, 0.2) is 0 Å². The molecule has 0 spiro atoms. The Hall–Kier alpha value is -2.70. The molecule has 0 aliphatic heterocycles. The molecule has 3 aromatic rings. The van der Waals surface area contributed by atoms with E-state index >= 15 is 0 Å². The maximum atomic E-state index is 9.71. The van der Waals surface area contributed by atoms with Gasteiger partial charge in [0.05, 0.1) is 11.6 Å². The molecule has 3 N–H and O–H groups in total. The van der Waals surface area contributed by atoms with Gasteiger partial charge in [-0.05, 0) is 50.4 Å². The topological polar surface area (TPSA) is 79.3 Å². The SMILES string of the molecule is CNCCOc1ccc(-c2cccc3cnc(NC4CCC(O)CC4)nc23)cc1. The number of para-hydroxylation sites is 1. The third kappa shape index (κ3) is 4.83. The summed E-state index contributed by atoms with van der Waals surface area (Å²) in [7, 11) is 1.91. The van der Waals surface area contributed by atoms with E-state index in [1.807, 2.05) is 37.5 Å². The van der Waals surface area contributed by atoms with Crippen LogP contribution in [0.4, 0.5) is 5.95 Å². The van der Waals surface area contributed by atoms with Crippen molar-refractivity contribution in [3.05, 3.63) is 48.7 Å². The lowest BCUT2D eigenvalue weighted by Gasteiger charge is -2.26. The number of likely N-dealkylation sites (N-methyl/N-ethyl adjacent to an activating group) is 1. The number of anilines is 1. The molecular formula is C23H28N4O2. The molecule has 1 saturated carbocycles. The molecule has 0 atom stereocenters. The van der Waals surface area contributed by atoms with Crippen LogP contribution in [0.2, 0.25) is 0 Å². The number of aromatic nitrogens is 2. The summed E-state index contributed by atoms with van der Waals surface area (Å²) >= 11 is 0. The first-order valence-electron chi connectivity index (χ1n) is 10.3. The lowest BCUT2D eigenvalue weighted by molar-refractivity contribution is 0.126. The van der Waals surface area contributed by atoms with Gasteiger partial charge in [-0.3, -0.25) is 0 Å². The maximum absolute atomic E-state index is 9.71. The average Bonchev–Trinajstić information content (AvgIpc) is 2.76. The van der Waals surface area contributed by atoms with E-state index in [0.717, 1.165) is 60.0 Å². The largest absolute Gasteiger partial charge is 0.492 e. The van der Waals surface area contributed by atoms with Crippen LogP contribution in [0.5, 0.6) is 5.75 Å². The Bertz CT molecular complexity index is 937. The Balaban J connectivity index is 1.56. The molecule has 1 aliphatic rings. The lowest BCUT2D eigenvalue weighted by atomic mass is 9.93. The van der Waals surface area contributed by atoms with Crippen LogP contribution in [0.3, 0.4) is 0 Å². The molecule has 0 amide bonds. The van der Waals surface area contributed by atoms with Gasteiger partial charge in [-0.2, -0.15) is 0 Å². The van der Waals surface area contributed by atoms with Crippen molar-refractivity contribution in [2.24, 2.45) is 0 Å². The quantitative estimate of drug-likeness (QED) is 0.533. The number of aliphatic hydroxyl groups excluding tert-OH is 1. The summed E-state index contributed by atoms with van der Waals surface area (Å²) in [6.07, 6.45) is 5.26. The van der Waals surface area contributed by atoms with E-state index in [4.69, 9.17) is 9.72 Å². The monoisotopic (exact) mass is 392 g/mol. The van der Waals surface area contributed by atoms with Crippen molar-refractivity contribution in [3.63, 3.8) is 0 Å². The second kappa shape index (κ2) is 9.20. The molecule has 1 fully saturated rings. The zero-order valence-corrected chi connectivity index (χ0v) is 16.8. The van der Waals surface area contributed by atoms with Crippen molar-refractivity contribution in [2.45, 2.75) is 37.8 Å². The first kappa shape index (κ1) is 19.6. The second-order valence-corrected chi connectivity index (χ2v) is 7.56. The number of hydrogen-bond donors (Lipinski definition) is 3. The van der Waals surface area contributed by atoms with Gasteiger partial charge in [0.25, 0.3) is 0 Å². The summed E-state index contributed by atoms with van der Waals surface area (Å²) in [6.45, 7) is 1.46. The fourth-order valence-electron chi connectivity index (χ4n) is 3.76. The van der Waals surface area contributed by atoms with E-state index < -0.39 is 0 Å². The molecule has 0 bridgehead atoms. The molecular weight excluding hydrogens is 364 g/mol. The predicted octanol–water partition coefficient (Wildman–Crippen LogP) is 3.61. The van der Waals surface area contributed by atoms with Crippen LogP contribution in [0.25, 0.3) is 22.0 Å². The summed E-state index contributed by atoms with van der Waals surface area (Å²) in [6, 6.07) is 14.6. The van der Waals surface area contributed by atoms with Gasteiger partial charge in [-0.1, -0.05) is 30.3 Å². The van der Waals surface area contributed by atoms with E-state index in [-0.39, 0.29) is 6.10 Å². The average molecular weight is 393 g/mol. The number of fused-ring (bicyclic) bond motifs is 1. The number of rotatable bonds is 7. The van der Waals surface area contributed by atoms with Crippen molar-refractivity contribution in [2.75, 3.05) is 25.5 Å². The predicted molar refractivity (Wildman–Crippen MR) is 116 cm³/mol. The highest BCUT2D eigenvalue weighted by Crippen LogP contribution is 2.29. The van der Waals surface area contributed by atoms with E-state index in [0.29, 0.717) is 18.6 Å². The van der Waals surface area contributed by atoms with Crippen molar-refractivity contribution in [1.82, 2.24) is 15.3 Å². The fourth-order valence-corrected chi connectivity index (χ4v) is 3.76. The van der Waals surface area contributed by atoms with Crippen LogP contribution >= 0.6 is 0 Å². The third-order valence-corrected chi connectivity index (χ3v) is 5.43. The van der Waals surface area contributed by atoms with Crippen molar-refractivity contribution < 1.29 is 9.84 Å². The molecule has 29 heavy (non-hydrogen) atoms. The summed E-state index contributed by atoms with van der Waals surface area (Å²) in [5.74, 6) is 1.51. The van der Waals surface area contributed by atoms with Crippen LogP contribution in [-0.4, -0.2) is 47.4 Å². The van der Waals surface area contributed by atoms with Gasteiger partial charge in [0.1, 0.15) is 12.4 Å². The molecule has 0 saturated heterocycles. The summed E-state index contributed by atoms with van der Waals surface area (Å²) in [4.78, 5) is 9.32. The van der Waals surface area contributed by atoms with Crippen LogP contribution < -0.4 is 15.4 Å². The summed E-state index contributed by atoms with van der Waals surface area (Å²) in [5, 5.41) is 17.2. The number of benzene rings is 2. The molecule has 4 rings (SSSR count). The highest BCUT2D eigenvalue weighted by Gasteiger charge is 2.20. The van der Waals surface area contributed by atoms with Gasteiger partial charge >= 0.3 is 0 Å².